The van der Waals surface area contributed by atoms with E-state index in [-0.39, 0.29) is 0 Å². The number of hydrogen-bond donors (Lipinski definition) is 1. The second-order valence-electron chi connectivity index (χ2n) is 5.60. The van der Waals surface area contributed by atoms with E-state index in [4.69, 9.17) is 0 Å². The highest BCUT2D eigenvalue weighted by atomic mass is 16.2. The van der Waals surface area contributed by atoms with Crippen LogP contribution in [0.15, 0.2) is 0 Å². The van der Waals surface area contributed by atoms with Crippen molar-refractivity contribution in [3.63, 3.8) is 0 Å². The van der Waals surface area contributed by atoms with Gasteiger partial charge < -0.3 is 10.2 Å². The van der Waals surface area contributed by atoms with E-state index in [1.807, 2.05) is 4.90 Å². The first-order chi connectivity index (χ1) is 7.50. The fraction of sp³-hybridized carbons (Fsp3) is 0.923. The van der Waals surface area contributed by atoms with Crippen LogP contribution in [0.3, 0.4) is 0 Å². The fourth-order valence-electron chi connectivity index (χ4n) is 2.10. The molecule has 0 saturated carbocycles. The summed E-state index contributed by atoms with van der Waals surface area (Å²) in [5.41, 5.74) is 0. The summed E-state index contributed by atoms with van der Waals surface area (Å²) in [6.45, 7) is 11.5. The molecule has 0 aliphatic carbocycles. The molecule has 1 amide bonds. The van der Waals surface area contributed by atoms with Gasteiger partial charge in [-0.2, -0.15) is 0 Å². The quantitative estimate of drug-likeness (QED) is 0.797. The lowest BCUT2D eigenvalue weighted by Gasteiger charge is -2.27. The Kier molecular flexibility index (Phi) is 5.26. The Hall–Kier alpha value is -0.570. The van der Waals surface area contributed by atoms with E-state index in [1.54, 1.807) is 0 Å². The zero-order valence-electron chi connectivity index (χ0n) is 11.1. The van der Waals surface area contributed by atoms with Gasteiger partial charge in [0, 0.05) is 25.6 Å². The van der Waals surface area contributed by atoms with Crippen LogP contribution < -0.4 is 5.32 Å². The number of hydrogen-bond acceptors (Lipinski definition) is 2. The van der Waals surface area contributed by atoms with Crippen LogP contribution >= 0.6 is 0 Å². The molecule has 0 radical (unpaired) electrons. The lowest BCUT2D eigenvalue weighted by molar-refractivity contribution is -0.132. The van der Waals surface area contributed by atoms with E-state index in [1.165, 1.54) is 0 Å². The van der Waals surface area contributed by atoms with E-state index < -0.39 is 0 Å². The van der Waals surface area contributed by atoms with Gasteiger partial charge in [-0.15, -0.1) is 0 Å². The van der Waals surface area contributed by atoms with Crippen molar-refractivity contribution in [1.29, 1.82) is 0 Å². The second-order valence-corrected chi connectivity index (χ2v) is 5.60. The van der Waals surface area contributed by atoms with E-state index in [9.17, 15) is 4.79 Å². The second kappa shape index (κ2) is 6.24. The summed E-state index contributed by atoms with van der Waals surface area (Å²) < 4.78 is 0. The van der Waals surface area contributed by atoms with Crippen LogP contribution in [0.2, 0.25) is 0 Å². The van der Waals surface area contributed by atoms with Crippen LogP contribution in [-0.4, -0.2) is 36.5 Å². The normalized spacial score (nSPS) is 22.6. The summed E-state index contributed by atoms with van der Waals surface area (Å²) in [6, 6.07) is 0.457. The Balaban J connectivity index is 2.54. The predicted molar refractivity (Wildman–Crippen MR) is 67.3 cm³/mol. The van der Waals surface area contributed by atoms with E-state index >= 15 is 0 Å². The van der Waals surface area contributed by atoms with Crippen LogP contribution in [0.25, 0.3) is 0 Å². The molecule has 1 aliphatic heterocycles. The molecule has 1 aliphatic rings. The van der Waals surface area contributed by atoms with Crippen molar-refractivity contribution >= 4 is 5.91 Å². The molecule has 1 rings (SSSR count). The van der Waals surface area contributed by atoms with Crippen LogP contribution in [-0.2, 0) is 4.79 Å². The lowest BCUT2D eigenvalue weighted by Crippen LogP contribution is -2.43. The third-order valence-corrected chi connectivity index (χ3v) is 3.17. The zero-order valence-corrected chi connectivity index (χ0v) is 11.1. The maximum Gasteiger partial charge on any atom is 0.222 e. The lowest BCUT2D eigenvalue weighted by atomic mass is 10.0. The molecule has 1 fully saturated rings. The molecule has 1 heterocycles. The van der Waals surface area contributed by atoms with Crippen molar-refractivity contribution in [3.05, 3.63) is 0 Å². The van der Waals surface area contributed by atoms with Gasteiger partial charge in [0.15, 0.2) is 0 Å². The topological polar surface area (TPSA) is 32.3 Å². The predicted octanol–water partition coefficient (Wildman–Crippen LogP) is 1.88. The monoisotopic (exact) mass is 226 g/mol. The summed E-state index contributed by atoms with van der Waals surface area (Å²) in [5.74, 6) is 1.37. The molecule has 1 N–H and O–H groups in total. The molecule has 0 aromatic carbocycles. The van der Waals surface area contributed by atoms with Gasteiger partial charge in [-0.3, -0.25) is 4.79 Å². The summed E-state index contributed by atoms with van der Waals surface area (Å²) in [4.78, 5) is 14.1. The van der Waals surface area contributed by atoms with Crippen molar-refractivity contribution in [1.82, 2.24) is 10.2 Å². The first kappa shape index (κ1) is 13.5. The number of nitrogens with zero attached hydrogens (tertiary/aromatic N) is 1. The molecular weight excluding hydrogens is 200 g/mol. The van der Waals surface area contributed by atoms with Crippen LogP contribution in [0.4, 0.5) is 0 Å². The summed E-state index contributed by atoms with van der Waals surface area (Å²) in [7, 11) is 0. The SMILES string of the molecule is CC(C)CC(=O)N1CCCNC(C(C)C)C1. The molecule has 0 bridgehead atoms. The Morgan fingerprint density at radius 2 is 2.06 bits per heavy atom. The van der Waals surface area contributed by atoms with Gasteiger partial charge in [0.2, 0.25) is 5.91 Å². The molecule has 3 heteroatoms. The number of rotatable bonds is 3. The van der Waals surface area contributed by atoms with E-state index in [0.29, 0.717) is 30.2 Å². The average molecular weight is 226 g/mol. The summed E-state index contributed by atoms with van der Waals surface area (Å²) in [5, 5.41) is 3.53. The van der Waals surface area contributed by atoms with Gasteiger partial charge in [-0.25, -0.2) is 0 Å². The number of carbonyl (C=O) groups is 1. The molecule has 16 heavy (non-hydrogen) atoms. The van der Waals surface area contributed by atoms with Gasteiger partial charge in [-0.05, 0) is 24.8 Å². The number of amides is 1. The Morgan fingerprint density at radius 1 is 1.38 bits per heavy atom. The van der Waals surface area contributed by atoms with E-state index in [0.717, 1.165) is 26.1 Å². The summed E-state index contributed by atoms with van der Waals surface area (Å²) in [6.07, 6.45) is 1.76. The van der Waals surface area contributed by atoms with Crippen molar-refractivity contribution in [3.8, 4) is 0 Å². The van der Waals surface area contributed by atoms with E-state index in [2.05, 4.69) is 33.0 Å². The highest BCUT2D eigenvalue weighted by molar-refractivity contribution is 5.76. The minimum Gasteiger partial charge on any atom is -0.341 e. The van der Waals surface area contributed by atoms with Crippen LogP contribution in [0, 0.1) is 11.8 Å². The third kappa shape index (κ3) is 4.12. The van der Waals surface area contributed by atoms with Gasteiger partial charge in [0.25, 0.3) is 0 Å². The largest absolute Gasteiger partial charge is 0.341 e. The molecule has 1 saturated heterocycles. The minimum absolute atomic E-state index is 0.323. The molecular formula is C13H26N2O. The number of carbonyl (C=O) groups excluding carboxylic acids is 1. The molecule has 0 spiro atoms. The molecule has 3 nitrogen and oxygen atoms in total. The third-order valence-electron chi connectivity index (χ3n) is 3.17. The van der Waals surface area contributed by atoms with Crippen molar-refractivity contribution in [2.45, 2.75) is 46.6 Å². The van der Waals surface area contributed by atoms with Crippen LogP contribution in [0.1, 0.15) is 40.5 Å². The van der Waals surface area contributed by atoms with Crippen molar-refractivity contribution in [2.24, 2.45) is 11.8 Å². The Morgan fingerprint density at radius 3 is 2.62 bits per heavy atom. The number of nitrogens with one attached hydrogen (secondary N) is 1. The Labute approximate surface area is 99.6 Å². The molecule has 94 valence electrons. The fourth-order valence-corrected chi connectivity index (χ4v) is 2.10. The van der Waals surface area contributed by atoms with Gasteiger partial charge in [0.1, 0.15) is 0 Å². The van der Waals surface area contributed by atoms with Crippen LogP contribution in [0.5, 0.6) is 0 Å². The molecule has 0 aromatic rings. The maximum absolute atomic E-state index is 12.0. The minimum atomic E-state index is 0.323. The highest BCUT2D eigenvalue weighted by Gasteiger charge is 2.23. The molecule has 1 unspecified atom stereocenters. The van der Waals surface area contributed by atoms with Gasteiger partial charge >= 0.3 is 0 Å². The first-order valence-corrected chi connectivity index (χ1v) is 6.52. The summed E-state index contributed by atoms with van der Waals surface area (Å²) >= 11 is 0. The standard InChI is InChI=1S/C13H26N2O/c1-10(2)8-13(16)15-7-5-6-14-12(9-15)11(3)4/h10-12,14H,5-9H2,1-4H3. The van der Waals surface area contributed by atoms with Gasteiger partial charge in [-0.1, -0.05) is 27.7 Å². The first-order valence-electron chi connectivity index (χ1n) is 6.52. The van der Waals surface area contributed by atoms with Crippen molar-refractivity contribution in [2.75, 3.05) is 19.6 Å². The smallest absolute Gasteiger partial charge is 0.222 e. The molecule has 1 atom stereocenters. The maximum atomic E-state index is 12.0. The average Bonchev–Trinajstić information content (AvgIpc) is 2.41. The Bertz CT molecular complexity index is 226. The highest BCUT2D eigenvalue weighted by Crippen LogP contribution is 2.11. The van der Waals surface area contributed by atoms with Gasteiger partial charge in [0.05, 0.1) is 0 Å². The zero-order chi connectivity index (χ0) is 12.1. The molecule has 0 aromatic heterocycles. The van der Waals surface area contributed by atoms with Crippen molar-refractivity contribution < 1.29 is 4.79 Å².